The summed E-state index contributed by atoms with van der Waals surface area (Å²) in [6.45, 7) is 4.91. The van der Waals surface area contributed by atoms with Crippen LogP contribution in [0, 0.1) is 0 Å². The Hall–Kier alpha value is -2.66. The molecule has 4 aromatic rings. The largest absolute Gasteiger partial charge is 0.492 e. The molecular weight excluding hydrogens is 424 g/mol. The molecule has 0 unspecified atom stereocenters. The third kappa shape index (κ3) is 5.30. The third-order valence-corrected chi connectivity index (χ3v) is 7.79. The molecule has 1 saturated heterocycles. The van der Waals surface area contributed by atoms with Gasteiger partial charge in [-0.3, -0.25) is 4.90 Å². The molecule has 170 valence electrons. The van der Waals surface area contributed by atoms with Crippen molar-refractivity contribution in [3.05, 3.63) is 89.5 Å². The molecule has 2 N–H and O–H groups in total. The Balaban J connectivity index is 1.34. The molecule has 0 spiro atoms. The van der Waals surface area contributed by atoms with Crippen molar-refractivity contribution >= 4 is 21.4 Å². The van der Waals surface area contributed by atoms with Gasteiger partial charge in [0.1, 0.15) is 12.4 Å². The van der Waals surface area contributed by atoms with Gasteiger partial charge >= 0.3 is 0 Å². The summed E-state index contributed by atoms with van der Waals surface area (Å²) in [5, 5.41) is 1.36. The van der Waals surface area contributed by atoms with E-state index in [4.69, 9.17) is 10.5 Å². The van der Waals surface area contributed by atoms with Crippen molar-refractivity contribution in [2.75, 3.05) is 32.8 Å². The zero-order chi connectivity index (χ0) is 22.5. The maximum Gasteiger partial charge on any atom is 0.119 e. The van der Waals surface area contributed by atoms with Gasteiger partial charge < -0.3 is 10.5 Å². The first kappa shape index (κ1) is 22.1. The summed E-state index contributed by atoms with van der Waals surface area (Å²) >= 11 is 1.89. The molecular formula is C29H32N2OS. The van der Waals surface area contributed by atoms with Crippen LogP contribution >= 0.6 is 11.3 Å². The maximum atomic E-state index is 6.00. The normalized spacial score (nSPS) is 14.2. The Kier molecular flexibility index (Phi) is 7.06. The second-order valence-corrected chi connectivity index (χ2v) is 9.91. The Morgan fingerprint density at radius 1 is 0.848 bits per heavy atom. The van der Waals surface area contributed by atoms with Crippen LogP contribution in [-0.4, -0.2) is 37.7 Å². The van der Waals surface area contributed by atoms with Crippen molar-refractivity contribution in [3.8, 4) is 16.2 Å². The average Bonchev–Trinajstić information content (AvgIpc) is 3.49. The summed E-state index contributed by atoms with van der Waals surface area (Å²) < 4.78 is 7.35. The van der Waals surface area contributed by atoms with Crippen molar-refractivity contribution in [1.82, 2.24) is 4.90 Å². The van der Waals surface area contributed by atoms with Gasteiger partial charge in [0, 0.05) is 16.1 Å². The molecule has 0 amide bonds. The number of hydrogen-bond donors (Lipinski definition) is 1. The summed E-state index contributed by atoms with van der Waals surface area (Å²) in [5.41, 5.74) is 11.0. The lowest BCUT2D eigenvalue weighted by Crippen LogP contribution is -2.25. The summed E-state index contributed by atoms with van der Waals surface area (Å²) in [5.74, 6) is 0.962. The van der Waals surface area contributed by atoms with Gasteiger partial charge in [-0.15, -0.1) is 11.3 Å². The summed E-state index contributed by atoms with van der Waals surface area (Å²) in [4.78, 5) is 3.85. The minimum atomic E-state index is 0.686. The number of ether oxygens (including phenoxy) is 1. The summed E-state index contributed by atoms with van der Waals surface area (Å²) in [7, 11) is 0. The zero-order valence-corrected chi connectivity index (χ0v) is 19.9. The number of nitrogens with two attached hydrogens (primary N) is 1. The maximum absolute atomic E-state index is 6.00. The number of thiophene rings is 1. The molecule has 1 fully saturated rings. The van der Waals surface area contributed by atoms with Crippen LogP contribution in [-0.2, 0) is 12.8 Å². The standard InChI is InChI=1S/C29H32N2OS/c30-16-15-22-7-11-24(12-8-22)29-27(26-5-1-2-6-28(26)33-29)21-23-9-13-25(14-10-23)32-20-19-31-17-3-4-18-31/h1-2,5-14H,3-4,15-21,30H2. The van der Waals surface area contributed by atoms with Gasteiger partial charge in [0.2, 0.25) is 0 Å². The van der Waals surface area contributed by atoms with E-state index < -0.39 is 0 Å². The fourth-order valence-electron chi connectivity index (χ4n) is 4.70. The number of nitrogens with zero attached hydrogens (tertiary/aromatic N) is 1. The molecule has 33 heavy (non-hydrogen) atoms. The topological polar surface area (TPSA) is 38.5 Å². The van der Waals surface area contributed by atoms with E-state index in [0.29, 0.717) is 6.54 Å². The van der Waals surface area contributed by atoms with E-state index >= 15 is 0 Å². The highest BCUT2D eigenvalue weighted by Gasteiger charge is 2.15. The molecule has 4 heteroatoms. The van der Waals surface area contributed by atoms with Gasteiger partial charge in [-0.1, -0.05) is 54.6 Å². The van der Waals surface area contributed by atoms with Gasteiger partial charge in [0.15, 0.2) is 0 Å². The van der Waals surface area contributed by atoms with Crippen molar-refractivity contribution < 1.29 is 4.74 Å². The van der Waals surface area contributed by atoms with Crippen molar-refractivity contribution in [1.29, 1.82) is 0 Å². The van der Waals surface area contributed by atoms with Crippen molar-refractivity contribution in [2.45, 2.75) is 25.7 Å². The van der Waals surface area contributed by atoms with Crippen LogP contribution in [0.5, 0.6) is 5.75 Å². The smallest absolute Gasteiger partial charge is 0.119 e. The predicted molar refractivity (Wildman–Crippen MR) is 140 cm³/mol. The van der Waals surface area contributed by atoms with Crippen LogP contribution in [0.3, 0.4) is 0 Å². The minimum Gasteiger partial charge on any atom is -0.492 e. The Labute approximate surface area is 200 Å². The Morgan fingerprint density at radius 3 is 2.33 bits per heavy atom. The quantitative estimate of drug-likeness (QED) is 0.329. The summed E-state index contributed by atoms with van der Waals surface area (Å²) in [6, 6.07) is 26.3. The van der Waals surface area contributed by atoms with Gasteiger partial charge in [-0.25, -0.2) is 0 Å². The molecule has 3 aromatic carbocycles. The first-order valence-electron chi connectivity index (χ1n) is 12.0. The number of hydrogen-bond acceptors (Lipinski definition) is 4. The first-order chi connectivity index (χ1) is 16.3. The lowest BCUT2D eigenvalue weighted by atomic mass is 9.98. The lowest BCUT2D eigenvalue weighted by molar-refractivity contribution is 0.238. The number of likely N-dealkylation sites (tertiary alicyclic amines) is 1. The second kappa shape index (κ2) is 10.5. The zero-order valence-electron chi connectivity index (χ0n) is 19.1. The van der Waals surface area contributed by atoms with Crippen molar-refractivity contribution in [3.63, 3.8) is 0 Å². The number of rotatable bonds is 9. The highest BCUT2D eigenvalue weighted by atomic mass is 32.1. The van der Waals surface area contributed by atoms with Crippen LogP contribution in [0.15, 0.2) is 72.8 Å². The van der Waals surface area contributed by atoms with E-state index in [-0.39, 0.29) is 0 Å². The molecule has 1 aliphatic rings. The van der Waals surface area contributed by atoms with Gasteiger partial charge in [-0.05, 0) is 91.2 Å². The molecule has 0 radical (unpaired) electrons. The predicted octanol–water partition coefficient (Wildman–Crippen LogP) is 6.13. The van der Waals surface area contributed by atoms with Gasteiger partial charge in [0.05, 0.1) is 0 Å². The van der Waals surface area contributed by atoms with Crippen LogP contribution in [0.25, 0.3) is 20.5 Å². The van der Waals surface area contributed by atoms with Crippen LogP contribution in [0.2, 0.25) is 0 Å². The summed E-state index contributed by atoms with van der Waals surface area (Å²) in [6.07, 6.45) is 4.49. The first-order valence-corrected chi connectivity index (χ1v) is 12.9. The minimum absolute atomic E-state index is 0.686. The molecule has 3 nitrogen and oxygen atoms in total. The fraction of sp³-hybridized carbons (Fsp3) is 0.310. The highest BCUT2D eigenvalue weighted by molar-refractivity contribution is 7.22. The highest BCUT2D eigenvalue weighted by Crippen LogP contribution is 2.40. The molecule has 1 aromatic heterocycles. The Bertz CT molecular complexity index is 1170. The van der Waals surface area contributed by atoms with E-state index in [9.17, 15) is 0 Å². The van der Waals surface area contributed by atoms with E-state index in [0.717, 1.165) is 31.7 Å². The van der Waals surface area contributed by atoms with E-state index in [1.165, 1.54) is 63.1 Å². The molecule has 5 rings (SSSR count). The van der Waals surface area contributed by atoms with Crippen molar-refractivity contribution in [2.24, 2.45) is 5.73 Å². The molecule has 0 atom stereocenters. The number of benzene rings is 3. The van der Waals surface area contributed by atoms with E-state index in [2.05, 4.69) is 77.7 Å². The van der Waals surface area contributed by atoms with Crippen LogP contribution < -0.4 is 10.5 Å². The van der Waals surface area contributed by atoms with E-state index in [1.54, 1.807) is 0 Å². The molecule has 0 aliphatic carbocycles. The SMILES string of the molecule is NCCc1ccc(-c2sc3ccccc3c2Cc2ccc(OCCN3CCCC3)cc2)cc1. The molecule has 2 heterocycles. The number of fused-ring (bicyclic) bond motifs is 1. The second-order valence-electron chi connectivity index (χ2n) is 8.86. The lowest BCUT2D eigenvalue weighted by Gasteiger charge is -2.15. The fourth-order valence-corrected chi connectivity index (χ4v) is 5.93. The van der Waals surface area contributed by atoms with E-state index in [1.807, 2.05) is 11.3 Å². The van der Waals surface area contributed by atoms with Gasteiger partial charge in [-0.2, -0.15) is 0 Å². The third-order valence-electron chi connectivity index (χ3n) is 6.53. The van der Waals surface area contributed by atoms with Crippen LogP contribution in [0.1, 0.15) is 29.5 Å². The molecule has 0 bridgehead atoms. The monoisotopic (exact) mass is 456 g/mol. The molecule has 1 aliphatic heterocycles. The van der Waals surface area contributed by atoms with Gasteiger partial charge in [0.25, 0.3) is 0 Å². The Morgan fingerprint density at radius 2 is 1.58 bits per heavy atom. The molecule has 0 saturated carbocycles. The van der Waals surface area contributed by atoms with Crippen LogP contribution in [0.4, 0.5) is 0 Å². The average molecular weight is 457 g/mol.